The first-order chi connectivity index (χ1) is 8.84. The highest BCUT2D eigenvalue weighted by atomic mass is 32.2. The molecule has 0 radical (unpaired) electrons. The lowest BCUT2D eigenvalue weighted by molar-refractivity contribution is 0.479. The molecule has 0 aliphatic heterocycles. The minimum Gasteiger partial charge on any atom is -0.399 e. The fourth-order valence-electron chi connectivity index (χ4n) is 1.64. The molecule has 0 spiro atoms. The van der Waals surface area contributed by atoms with Crippen LogP contribution in [0.1, 0.15) is 11.1 Å². The summed E-state index contributed by atoms with van der Waals surface area (Å²) in [6, 6.07) is 6.50. The van der Waals surface area contributed by atoms with Gasteiger partial charge < -0.3 is 5.73 Å². The molecule has 100 valence electrons. The van der Waals surface area contributed by atoms with Crippen LogP contribution in [-0.4, -0.2) is 25.8 Å². The summed E-state index contributed by atoms with van der Waals surface area (Å²) < 4.78 is 25.6. The number of anilines is 1. The molecule has 6 nitrogen and oxygen atoms in total. The molecule has 0 aromatic heterocycles. The van der Waals surface area contributed by atoms with Gasteiger partial charge in [0.2, 0.25) is 10.0 Å². The van der Waals surface area contributed by atoms with Gasteiger partial charge in [0.1, 0.15) is 13.1 Å². The van der Waals surface area contributed by atoms with Crippen molar-refractivity contribution in [3.63, 3.8) is 0 Å². The molecule has 0 aliphatic rings. The third-order valence-corrected chi connectivity index (χ3v) is 4.67. The smallest absolute Gasteiger partial charge is 0.245 e. The molecule has 0 fully saturated rings. The Balaban J connectivity index is 3.43. The first kappa shape index (κ1) is 15.0. The molecule has 0 aliphatic carbocycles. The van der Waals surface area contributed by atoms with Crippen molar-refractivity contribution in [2.24, 2.45) is 0 Å². The number of benzene rings is 1. The van der Waals surface area contributed by atoms with Crippen molar-refractivity contribution in [3.05, 3.63) is 23.3 Å². The van der Waals surface area contributed by atoms with Crippen LogP contribution in [0.4, 0.5) is 5.69 Å². The maximum Gasteiger partial charge on any atom is 0.245 e. The number of sulfonamides is 1. The van der Waals surface area contributed by atoms with E-state index in [-0.39, 0.29) is 18.0 Å². The molecule has 0 saturated heterocycles. The minimum absolute atomic E-state index is 0.0375. The van der Waals surface area contributed by atoms with Gasteiger partial charge in [0.15, 0.2) is 0 Å². The molecule has 1 rings (SSSR count). The normalized spacial score (nSPS) is 11.0. The Morgan fingerprint density at radius 2 is 1.74 bits per heavy atom. The summed E-state index contributed by atoms with van der Waals surface area (Å²) in [6.45, 7) is 2.68. The number of nitrogens with zero attached hydrogens (tertiary/aromatic N) is 3. The molecule has 1 aromatic carbocycles. The number of hydrogen-bond donors (Lipinski definition) is 1. The highest BCUT2D eigenvalue weighted by molar-refractivity contribution is 7.89. The van der Waals surface area contributed by atoms with E-state index in [4.69, 9.17) is 16.3 Å². The molecule has 1 aromatic rings. The highest BCUT2D eigenvalue weighted by Crippen LogP contribution is 2.25. The molecule has 19 heavy (non-hydrogen) atoms. The predicted octanol–water partition coefficient (Wildman–Crippen LogP) is 0.923. The number of hydrogen-bond acceptors (Lipinski definition) is 5. The monoisotopic (exact) mass is 278 g/mol. The molecule has 2 N–H and O–H groups in total. The van der Waals surface area contributed by atoms with E-state index in [9.17, 15) is 8.42 Å². The minimum atomic E-state index is -3.89. The lowest BCUT2D eigenvalue weighted by Gasteiger charge is -2.18. The van der Waals surface area contributed by atoms with E-state index in [2.05, 4.69) is 0 Å². The van der Waals surface area contributed by atoms with E-state index >= 15 is 0 Å². The largest absolute Gasteiger partial charge is 0.399 e. The molecular weight excluding hydrogens is 264 g/mol. The maximum atomic E-state index is 12.4. The van der Waals surface area contributed by atoms with Crippen LogP contribution in [0.15, 0.2) is 17.0 Å². The summed E-state index contributed by atoms with van der Waals surface area (Å²) in [5.74, 6) is 0. The van der Waals surface area contributed by atoms with Crippen molar-refractivity contribution in [3.8, 4) is 12.1 Å². The van der Waals surface area contributed by atoms with Gasteiger partial charge in [-0.15, -0.1) is 0 Å². The van der Waals surface area contributed by atoms with E-state index in [1.165, 1.54) is 6.07 Å². The van der Waals surface area contributed by atoms with Gasteiger partial charge in [-0.1, -0.05) is 0 Å². The molecule has 0 saturated carbocycles. The highest BCUT2D eigenvalue weighted by Gasteiger charge is 2.26. The average Bonchev–Trinajstić information content (AvgIpc) is 2.33. The van der Waals surface area contributed by atoms with Crippen LogP contribution in [-0.2, 0) is 10.0 Å². The molecule has 0 amide bonds. The standard InChI is InChI=1S/C12H14N4O2S/c1-9-7-11(15)8-12(10(9)2)19(17,18)16(5-3-13)6-4-14/h7-8H,5-6,15H2,1-2H3. The third kappa shape index (κ3) is 3.02. The average molecular weight is 278 g/mol. The van der Waals surface area contributed by atoms with Gasteiger partial charge in [0.25, 0.3) is 0 Å². The van der Waals surface area contributed by atoms with E-state index in [0.29, 0.717) is 11.3 Å². The SMILES string of the molecule is Cc1cc(N)cc(S(=O)(=O)N(CC#N)CC#N)c1C. The number of rotatable bonds is 4. The van der Waals surface area contributed by atoms with Gasteiger partial charge >= 0.3 is 0 Å². The second-order valence-electron chi connectivity index (χ2n) is 4.05. The summed E-state index contributed by atoms with van der Waals surface area (Å²) in [7, 11) is -3.89. The van der Waals surface area contributed by atoms with Crippen molar-refractivity contribution >= 4 is 15.7 Å². The summed E-state index contributed by atoms with van der Waals surface area (Å²) in [5.41, 5.74) is 7.30. The zero-order valence-corrected chi connectivity index (χ0v) is 11.5. The number of nitrogen functional groups attached to an aromatic ring is 1. The van der Waals surface area contributed by atoms with Gasteiger partial charge in [-0.05, 0) is 37.1 Å². The molecular formula is C12H14N4O2S. The van der Waals surface area contributed by atoms with Crippen LogP contribution in [0.3, 0.4) is 0 Å². The number of aryl methyl sites for hydroxylation is 1. The van der Waals surface area contributed by atoms with Crippen molar-refractivity contribution in [2.75, 3.05) is 18.8 Å². The van der Waals surface area contributed by atoms with Crippen LogP contribution in [0, 0.1) is 36.5 Å². The zero-order valence-electron chi connectivity index (χ0n) is 10.7. The van der Waals surface area contributed by atoms with Crippen molar-refractivity contribution in [1.29, 1.82) is 10.5 Å². The zero-order chi connectivity index (χ0) is 14.6. The Morgan fingerprint density at radius 3 is 2.21 bits per heavy atom. The second kappa shape index (κ2) is 5.70. The third-order valence-electron chi connectivity index (χ3n) is 2.75. The quantitative estimate of drug-likeness (QED) is 0.650. The number of nitrogens with two attached hydrogens (primary N) is 1. The molecule has 0 atom stereocenters. The fourth-order valence-corrected chi connectivity index (χ4v) is 3.21. The Bertz CT molecular complexity index is 652. The first-order valence-electron chi connectivity index (χ1n) is 5.45. The first-order valence-corrected chi connectivity index (χ1v) is 6.89. The molecule has 7 heteroatoms. The van der Waals surface area contributed by atoms with Gasteiger partial charge in [-0.3, -0.25) is 0 Å². The lowest BCUT2D eigenvalue weighted by Crippen LogP contribution is -2.32. The fraction of sp³-hybridized carbons (Fsp3) is 0.333. The second-order valence-corrected chi connectivity index (χ2v) is 5.96. The van der Waals surface area contributed by atoms with Crippen LogP contribution in [0.25, 0.3) is 0 Å². The van der Waals surface area contributed by atoms with Crippen LogP contribution in [0.2, 0.25) is 0 Å². The topological polar surface area (TPSA) is 111 Å². The van der Waals surface area contributed by atoms with Gasteiger partial charge in [0.05, 0.1) is 17.0 Å². The van der Waals surface area contributed by atoms with E-state index < -0.39 is 10.0 Å². The number of nitriles is 2. The Hall–Kier alpha value is -2.09. The van der Waals surface area contributed by atoms with E-state index in [0.717, 1.165) is 9.87 Å². The van der Waals surface area contributed by atoms with Crippen molar-refractivity contribution in [2.45, 2.75) is 18.7 Å². The van der Waals surface area contributed by atoms with Crippen molar-refractivity contribution < 1.29 is 8.42 Å². The summed E-state index contributed by atoms with van der Waals surface area (Å²) in [4.78, 5) is 0.0375. The predicted molar refractivity (Wildman–Crippen MR) is 70.3 cm³/mol. The van der Waals surface area contributed by atoms with Gasteiger partial charge in [0, 0.05) is 5.69 Å². The summed E-state index contributed by atoms with van der Waals surface area (Å²) in [5, 5.41) is 17.3. The van der Waals surface area contributed by atoms with Crippen LogP contribution >= 0.6 is 0 Å². The van der Waals surface area contributed by atoms with E-state index in [1.54, 1.807) is 32.1 Å². The Labute approximate surface area is 112 Å². The van der Waals surface area contributed by atoms with E-state index in [1.807, 2.05) is 0 Å². The van der Waals surface area contributed by atoms with Crippen LogP contribution in [0.5, 0.6) is 0 Å². The Morgan fingerprint density at radius 1 is 1.21 bits per heavy atom. The molecule has 0 heterocycles. The van der Waals surface area contributed by atoms with Crippen molar-refractivity contribution in [1.82, 2.24) is 4.31 Å². The van der Waals surface area contributed by atoms with Crippen LogP contribution < -0.4 is 5.73 Å². The summed E-state index contributed by atoms with van der Waals surface area (Å²) >= 11 is 0. The van der Waals surface area contributed by atoms with Gasteiger partial charge in [-0.25, -0.2) is 8.42 Å². The summed E-state index contributed by atoms with van der Waals surface area (Å²) in [6.07, 6.45) is 0. The Kier molecular flexibility index (Phi) is 4.49. The lowest BCUT2D eigenvalue weighted by atomic mass is 10.1. The van der Waals surface area contributed by atoms with Gasteiger partial charge in [-0.2, -0.15) is 14.8 Å². The maximum absolute atomic E-state index is 12.4. The molecule has 0 bridgehead atoms. The molecule has 0 unspecified atom stereocenters.